The standard InChI is InChI=1S/C17H25N3O4/c1-4-20(5-2)12-6-11-18-15(21)16(22)19-14-9-7-13(8-10-14)17(23)24-3/h7-10H,4-6,11-12H2,1-3H3,(H,18,21)(H,19,22). The number of nitrogens with one attached hydrogen (secondary N) is 2. The van der Waals surface area contributed by atoms with Crippen molar-refractivity contribution in [1.82, 2.24) is 10.2 Å². The van der Waals surface area contributed by atoms with Gasteiger partial charge in [0, 0.05) is 12.2 Å². The first kappa shape index (κ1) is 19.6. The van der Waals surface area contributed by atoms with E-state index in [0.717, 1.165) is 26.1 Å². The maximum Gasteiger partial charge on any atom is 0.337 e. The number of hydrogen-bond donors (Lipinski definition) is 2. The molecule has 0 aromatic heterocycles. The molecule has 0 radical (unpaired) electrons. The third-order valence-corrected chi connectivity index (χ3v) is 3.60. The Morgan fingerprint density at radius 1 is 1.04 bits per heavy atom. The highest BCUT2D eigenvalue weighted by molar-refractivity contribution is 6.39. The van der Waals surface area contributed by atoms with Gasteiger partial charge in [0.25, 0.3) is 0 Å². The maximum atomic E-state index is 11.8. The summed E-state index contributed by atoms with van der Waals surface area (Å²) in [5, 5.41) is 5.08. The number of anilines is 1. The lowest BCUT2D eigenvalue weighted by Crippen LogP contribution is -2.37. The molecule has 2 amide bonds. The second-order valence-corrected chi connectivity index (χ2v) is 5.16. The average Bonchev–Trinajstić information content (AvgIpc) is 2.61. The van der Waals surface area contributed by atoms with Crippen molar-refractivity contribution in [3.05, 3.63) is 29.8 Å². The highest BCUT2D eigenvalue weighted by Gasteiger charge is 2.13. The van der Waals surface area contributed by atoms with Crippen LogP contribution in [0.4, 0.5) is 5.69 Å². The lowest BCUT2D eigenvalue weighted by Gasteiger charge is -2.17. The number of hydrogen-bond acceptors (Lipinski definition) is 5. The van der Waals surface area contributed by atoms with Gasteiger partial charge < -0.3 is 20.3 Å². The van der Waals surface area contributed by atoms with Gasteiger partial charge in [-0.2, -0.15) is 0 Å². The highest BCUT2D eigenvalue weighted by Crippen LogP contribution is 2.10. The molecule has 0 unspecified atom stereocenters. The Hall–Kier alpha value is -2.41. The fraction of sp³-hybridized carbons (Fsp3) is 0.471. The number of methoxy groups -OCH3 is 1. The third kappa shape index (κ3) is 6.37. The molecule has 0 saturated carbocycles. The Morgan fingerprint density at radius 2 is 1.67 bits per heavy atom. The van der Waals surface area contributed by atoms with E-state index < -0.39 is 17.8 Å². The summed E-state index contributed by atoms with van der Waals surface area (Å²) in [5.41, 5.74) is 0.808. The van der Waals surface area contributed by atoms with E-state index in [4.69, 9.17) is 0 Å². The normalized spacial score (nSPS) is 10.3. The molecule has 0 spiro atoms. The molecule has 7 nitrogen and oxygen atoms in total. The van der Waals surface area contributed by atoms with Gasteiger partial charge in [-0.1, -0.05) is 13.8 Å². The van der Waals surface area contributed by atoms with Gasteiger partial charge in [0.05, 0.1) is 12.7 Å². The van der Waals surface area contributed by atoms with Crippen molar-refractivity contribution in [3.63, 3.8) is 0 Å². The minimum absolute atomic E-state index is 0.372. The summed E-state index contributed by atoms with van der Waals surface area (Å²) in [6, 6.07) is 6.11. The summed E-state index contributed by atoms with van der Waals surface area (Å²) in [6.45, 7) is 7.43. The minimum Gasteiger partial charge on any atom is -0.465 e. The van der Waals surface area contributed by atoms with E-state index in [1.165, 1.54) is 31.4 Å². The summed E-state index contributed by atoms with van der Waals surface area (Å²) in [4.78, 5) is 37.1. The fourth-order valence-electron chi connectivity index (χ4n) is 2.12. The molecule has 1 aromatic rings. The predicted octanol–water partition coefficient (Wildman–Crippen LogP) is 1.26. The van der Waals surface area contributed by atoms with Crippen LogP contribution < -0.4 is 10.6 Å². The van der Waals surface area contributed by atoms with Gasteiger partial charge in [-0.05, 0) is 50.3 Å². The first-order valence-corrected chi connectivity index (χ1v) is 8.01. The topological polar surface area (TPSA) is 87.7 Å². The summed E-state index contributed by atoms with van der Waals surface area (Å²) in [7, 11) is 1.29. The van der Waals surface area contributed by atoms with Gasteiger partial charge in [0.1, 0.15) is 0 Å². The van der Waals surface area contributed by atoms with Crippen molar-refractivity contribution in [2.24, 2.45) is 0 Å². The van der Waals surface area contributed by atoms with Crippen molar-refractivity contribution in [1.29, 1.82) is 0 Å². The molecule has 24 heavy (non-hydrogen) atoms. The molecule has 132 valence electrons. The van der Waals surface area contributed by atoms with Crippen LogP contribution in [-0.4, -0.2) is 56.0 Å². The van der Waals surface area contributed by atoms with Crippen LogP contribution in [0.1, 0.15) is 30.6 Å². The van der Waals surface area contributed by atoms with Gasteiger partial charge >= 0.3 is 17.8 Å². The van der Waals surface area contributed by atoms with Crippen molar-refractivity contribution in [3.8, 4) is 0 Å². The van der Waals surface area contributed by atoms with Crippen LogP contribution in [0.2, 0.25) is 0 Å². The molecular weight excluding hydrogens is 310 g/mol. The van der Waals surface area contributed by atoms with Gasteiger partial charge in [-0.3, -0.25) is 9.59 Å². The van der Waals surface area contributed by atoms with Crippen LogP contribution in [0, 0.1) is 0 Å². The summed E-state index contributed by atoms with van der Waals surface area (Å²) >= 11 is 0. The van der Waals surface area contributed by atoms with Crippen molar-refractivity contribution in [2.45, 2.75) is 20.3 Å². The van der Waals surface area contributed by atoms with Crippen LogP contribution in [0.15, 0.2) is 24.3 Å². The Bertz CT molecular complexity index is 553. The highest BCUT2D eigenvalue weighted by atomic mass is 16.5. The van der Waals surface area contributed by atoms with E-state index in [-0.39, 0.29) is 0 Å². The number of benzene rings is 1. The second-order valence-electron chi connectivity index (χ2n) is 5.16. The van der Waals surface area contributed by atoms with E-state index in [9.17, 15) is 14.4 Å². The van der Waals surface area contributed by atoms with Crippen LogP contribution in [-0.2, 0) is 14.3 Å². The second kappa shape index (κ2) is 10.4. The largest absolute Gasteiger partial charge is 0.465 e. The quantitative estimate of drug-likeness (QED) is 0.424. The van der Waals surface area contributed by atoms with Crippen molar-refractivity contribution in [2.75, 3.05) is 38.6 Å². The maximum absolute atomic E-state index is 11.8. The number of ether oxygens (including phenoxy) is 1. The number of carbonyl (C=O) groups is 3. The van der Waals surface area contributed by atoms with Crippen LogP contribution >= 0.6 is 0 Å². The van der Waals surface area contributed by atoms with E-state index in [1.54, 1.807) is 0 Å². The zero-order valence-corrected chi connectivity index (χ0v) is 14.4. The summed E-state index contributed by atoms with van der Waals surface area (Å²) in [6.07, 6.45) is 0.786. The Balaban J connectivity index is 2.38. The smallest absolute Gasteiger partial charge is 0.337 e. The Morgan fingerprint density at radius 3 is 2.21 bits per heavy atom. The molecule has 0 saturated heterocycles. The summed E-state index contributed by atoms with van der Waals surface area (Å²) < 4.78 is 4.59. The first-order valence-electron chi connectivity index (χ1n) is 8.01. The third-order valence-electron chi connectivity index (χ3n) is 3.60. The van der Waals surface area contributed by atoms with Gasteiger partial charge in [-0.25, -0.2) is 4.79 Å². The molecule has 0 fully saturated rings. The van der Waals surface area contributed by atoms with Crippen LogP contribution in [0.25, 0.3) is 0 Å². The van der Waals surface area contributed by atoms with E-state index in [1.807, 2.05) is 0 Å². The Kier molecular flexibility index (Phi) is 8.49. The first-order chi connectivity index (χ1) is 11.5. The molecule has 0 atom stereocenters. The fourth-order valence-corrected chi connectivity index (χ4v) is 2.12. The van der Waals surface area contributed by atoms with Gasteiger partial charge in [0.2, 0.25) is 0 Å². The molecule has 1 rings (SSSR count). The number of esters is 1. The van der Waals surface area contributed by atoms with Crippen molar-refractivity contribution >= 4 is 23.5 Å². The average molecular weight is 335 g/mol. The van der Waals surface area contributed by atoms with E-state index in [2.05, 4.69) is 34.1 Å². The number of carbonyl (C=O) groups excluding carboxylic acids is 3. The van der Waals surface area contributed by atoms with E-state index >= 15 is 0 Å². The zero-order valence-electron chi connectivity index (χ0n) is 14.4. The molecular formula is C17H25N3O4. The molecule has 0 bridgehead atoms. The molecule has 1 aromatic carbocycles. The van der Waals surface area contributed by atoms with Crippen LogP contribution in [0.3, 0.4) is 0 Å². The van der Waals surface area contributed by atoms with E-state index in [0.29, 0.717) is 17.8 Å². The number of amides is 2. The SMILES string of the molecule is CCN(CC)CCCNC(=O)C(=O)Nc1ccc(C(=O)OC)cc1. The molecule has 7 heteroatoms. The number of nitrogens with zero attached hydrogens (tertiary/aromatic N) is 1. The Labute approximate surface area is 142 Å². The van der Waals surface area contributed by atoms with Gasteiger partial charge in [0.15, 0.2) is 0 Å². The number of rotatable bonds is 8. The lowest BCUT2D eigenvalue weighted by atomic mass is 10.2. The molecule has 0 aliphatic rings. The predicted molar refractivity (Wildman–Crippen MR) is 91.8 cm³/mol. The molecule has 0 aliphatic heterocycles. The van der Waals surface area contributed by atoms with Crippen LogP contribution in [0.5, 0.6) is 0 Å². The minimum atomic E-state index is -0.733. The zero-order chi connectivity index (χ0) is 17.9. The lowest BCUT2D eigenvalue weighted by molar-refractivity contribution is -0.136. The van der Waals surface area contributed by atoms with Crippen molar-refractivity contribution < 1.29 is 19.1 Å². The summed E-state index contributed by atoms with van der Waals surface area (Å²) in [5.74, 6) is -1.87. The monoisotopic (exact) mass is 335 g/mol. The molecule has 2 N–H and O–H groups in total. The molecule has 0 heterocycles. The molecule has 0 aliphatic carbocycles. The van der Waals surface area contributed by atoms with Gasteiger partial charge in [-0.15, -0.1) is 0 Å².